The van der Waals surface area contributed by atoms with Crippen LogP contribution in [-0.4, -0.2) is 33.7 Å². The third-order valence-electron chi connectivity index (χ3n) is 1.48. The first kappa shape index (κ1) is 12.9. The fourth-order valence-corrected chi connectivity index (χ4v) is 1.21. The van der Waals surface area contributed by atoms with Crippen LogP contribution in [0.25, 0.3) is 0 Å². The van der Waals surface area contributed by atoms with Gasteiger partial charge in [-0.3, -0.25) is 9.59 Å². The van der Waals surface area contributed by atoms with Gasteiger partial charge in [-0.1, -0.05) is 0 Å². The second kappa shape index (κ2) is 4.95. The Hall–Kier alpha value is -1.10. The van der Waals surface area contributed by atoms with Gasteiger partial charge in [-0.15, -0.1) is 0 Å². The summed E-state index contributed by atoms with van der Waals surface area (Å²) in [5, 5.41) is 20.1. The maximum atomic E-state index is 10.4. The Morgan fingerprint density at radius 2 is 1.50 bits per heavy atom. The van der Waals surface area contributed by atoms with E-state index >= 15 is 0 Å². The molecule has 0 heterocycles. The molecule has 0 bridgehead atoms. The first-order valence-corrected chi connectivity index (χ1v) is 4.42. The molecule has 0 unspecified atom stereocenters. The zero-order valence-electron chi connectivity index (χ0n) is 8.70. The topological polar surface area (TPSA) is 86.6 Å². The fourth-order valence-electron chi connectivity index (χ4n) is 1.21. The van der Waals surface area contributed by atoms with E-state index in [4.69, 9.17) is 10.2 Å². The van der Waals surface area contributed by atoms with Gasteiger partial charge < -0.3 is 15.5 Å². The molecule has 14 heavy (non-hydrogen) atoms. The first-order chi connectivity index (χ1) is 6.20. The van der Waals surface area contributed by atoms with Crippen molar-refractivity contribution >= 4 is 11.9 Å². The number of carbonyl (C=O) groups is 2. The highest BCUT2D eigenvalue weighted by Crippen LogP contribution is 2.07. The molecular weight excluding hydrogens is 186 g/mol. The van der Waals surface area contributed by atoms with E-state index in [0.717, 1.165) is 0 Å². The number of hydrogen-bond donors (Lipinski definition) is 3. The molecule has 5 nitrogen and oxygen atoms in total. The minimum atomic E-state index is -0.993. The number of rotatable bonds is 5. The van der Waals surface area contributed by atoms with Gasteiger partial charge in [-0.25, -0.2) is 0 Å². The van der Waals surface area contributed by atoms with Gasteiger partial charge >= 0.3 is 11.9 Å². The van der Waals surface area contributed by atoms with E-state index in [2.05, 4.69) is 5.32 Å². The summed E-state index contributed by atoms with van der Waals surface area (Å²) in [6, 6.07) is -0.523. The fraction of sp³-hybridized carbons (Fsp3) is 0.778. The first-order valence-electron chi connectivity index (χ1n) is 4.42. The smallest absolute Gasteiger partial charge is 0.304 e. The summed E-state index contributed by atoms with van der Waals surface area (Å²) < 4.78 is 0. The normalized spacial score (nSPS) is 11.7. The zero-order chi connectivity index (χ0) is 11.4. The van der Waals surface area contributed by atoms with Gasteiger partial charge in [0.2, 0.25) is 0 Å². The van der Waals surface area contributed by atoms with Gasteiger partial charge in [0.15, 0.2) is 0 Å². The standard InChI is InChI=1S/C9H17NO4/c1-9(2,3)10-6(4-7(11)12)5-8(13)14/h6,10H,4-5H2,1-3H3,(H,11,12)(H,13,14). The van der Waals surface area contributed by atoms with Crippen LogP contribution < -0.4 is 5.32 Å². The third-order valence-corrected chi connectivity index (χ3v) is 1.48. The quantitative estimate of drug-likeness (QED) is 0.612. The van der Waals surface area contributed by atoms with Crippen LogP contribution in [-0.2, 0) is 9.59 Å². The van der Waals surface area contributed by atoms with Crippen molar-refractivity contribution in [1.82, 2.24) is 5.32 Å². The van der Waals surface area contributed by atoms with Crippen molar-refractivity contribution in [1.29, 1.82) is 0 Å². The summed E-state index contributed by atoms with van der Waals surface area (Å²) in [7, 11) is 0. The van der Waals surface area contributed by atoms with Crippen molar-refractivity contribution in [3.05, 3.63) is 0 Å². The maximum Gasteiger partial charge on any atom is 0.304 e. The van der Waals surface area contributed by atoms with E-state index in [-0.39, 0.29) is 18.4 Å². The van der Waals surface area contributed by atoms with E-state index in [0.29, 0.717) is 0 Å². The lowest BCUT2D eigenvalue weighted by atomic mass is 10.0. The second-order valence-corrected chi connectivity index (χ2v) is 4.29. The van der Waals surface area contributed by atoms with Gasteiger partial charge in [-0.05, 0) is 20.8 Å². The lowest BCUT2D eigenvalue weighted by Gasteiger charge is -2.26. The molecule has 3 N–H and O–H groups in total. The molecule has 0 aromatic rings. The molecule has 0 amide bonds. The molecule has 0 aromatic heterocycles. The van der Waals surface area contributed by atoms with Gasteiger partial charge in [0, 0.05) is 11.6 Å². The minimum absolute atomic E-state index is 0.177. The lowest BCUT2D eigenvalue weighted by Crippen LogP contribution is -2.45. The summed E-state index contributed by atoms with van der Waals surface area (Å²) in [5.41, 5.74) is -0.282. The van der Waals surface area contributed by atoms with Crippen molar-refractivity contribution in [2.24, 2.45) is 0 Å². The van der Waals surface area contributed by atoms with Crippen LogP contribution in [0.4, 0.5) is 0 Å². The molecule has 0 aromatic carbocycles. The molecule has 0 aliphatic heterocycles. The molecule has 82 valence electrons. The van der Waals surface area contributed by atoms with Crippen molar-refractivity contribution < 1.29 is 19.8 Å². The molecule has 0 aliphatic rings. The molecule has 0 aliphatic carbocycles. The molecular formula is C9H17NO4. The molecule has 0 atom stereocenters. The molecule has 0 radical (unpaired) electrons. The SMILES string of the molecule is CC(C)(C)NC(CC(=O)O)CC(=O)O. The summed E-state index contributed by atoms with van der Waals surface area (Å²) in [5.74, 6) is -1.99. The molecule has 0 saturated carbocycles. The number of carboxylic acids is 2. The van der Waals surface area contributed by atoms with E-state index in [1.54, 1.807) is 0 Å². The number of nitrogens with one attached hydrogen (secondary N) is 1. The monoisotopic (exact) mass is 203 g/mol. The Bertz CT molecular complexity index is 203. The number of hydrogen-bond acceptors (Lipinski definition) is 3. The largest absolute Gasteiger partial charge is 0.481 e. The lowest BCUT2D eigenvalue weighted by molar-refractivity contribution is -0.139. The van der Waals surface area contributed by atoms with Crippen molar-refractivity contribution in [3.63, 3.8) is 0 Å². The molecule has 0 saturated heterocycles. The van der Waals surface area contributed by atoms with Gasteiger partial charge in [0.05, 0.1) is 12.8 Å². The summed E-state index contributed by atoms with van der Waals surface area (Å²) in [6.07, 6.45) is -0.354. The molecule has 5 heteroatoms. The van der Waals surface area contributed by atoms with Gasteiger partial charge in [0.25, 0.3) is 0 Å². The van der Waals surface area contributed by atoms with E-state index in [1.807, 2.05) is 20.8 Å². The van der Waals surface area contributed by atoms with Crippen molar-refractivity contribution in [2.45, 2.75) is 45.2 Å². The highest BCUT2D eigenvalue weighted by Gasteiger charge is 2.21. The maximum absolute atomic E-state index is 10.4. The van der Waals surface area contributed by atoms with Crippen molar-refractivity contribution in [3.8, 4) is 0 Å². The Morgan fingerprint density at radius 1 is 1.14 bits per heavy atom. The predicted octanol–water partition coefficient (Wildman–Crippen LogP) is 0.692. The Kier molecular flexibility index (Phi) is 4.56. The molecule has 0 fully saturated rings. The van der Waals surface area contributed by atoms with E-state index < -0.39 is 18.0 Å². The predicted molar refractivity (Wildman–Crippen MR) is 51.2 cm³/mol. The highest BCUT2D eigenvalue weighted by atomic mass is 16.4. The zero-order valence-corrected chi connectivity index (χ0v) is 8.70. The summed E-state index contributed by atoms with van der Waals surface area (Å²) in [4.78, 5) is 20.9. The van der Waals surface area contributed by atoms with E-state index in [9.17, 15) is 9.59 Å². The summed E-state index contributed by atoms with van der Waals surface area (Å²) >= 11 is 0. The van der Waals surface area contributed by atoms with Crippen LogP contribution in [0.2, 0.25) is 0 Å². The minimum Gasteiger partial charge on any atom is -0.481 e. The Morgan fingerprint density at radius 3 is 1.71 bits per heavy atom. The molecule has 0 rings (SSSR count). The molecule has 0 spiro atoms. The van der Waals surface area contributed by atoms with Crippen molar-refractivity contribution in [2.75, 3.05) is 0 Å². The van der Waals surface area contributed by atoms with E-state index in [1.165, 1.54) is 0 Å². The van der Waals surface area contributed by atoms with Crippen LogP contribution in [0, 0.1) is 0 Å². The highest BCUT2D eigenvalue weighted by molar-refractivity contribution is 5.71. The van der Waals surface area contributed by atoms with Gasteiger partial charge in [0.1, 0.15) is 0 Å². The van der Waals surface area contributed by atoms with Crippen LogP contribution >= 0.6 is 0 Å². The summed E-state index contributed by atoms with van der Waals surface area (Å²) in [6.45, 7) is 5.59. The van der Waals surface area contributed by atoms with Gasteiger partial charge in [-0.2, -0.15) is 0 Å². The van der Waals surface area contributed by atoms with Crippen LogP contribution in [0.15, 0.2) is 0 Å². The van der Waals surface area contributed by atoms with Crippen LogP contribution in [0.3, 0.4) is 0 Å². The van der Waals surface area contributed by atoms with Crippen LogP contribution in [0.5, 0.6) is 0 Å². The van der Waals surface area contributed by atoms with Crippen LogP contribution in [0.1, 0.15) is 33.6 Å². The third kappa shape index (κ3) is 7.54. The Balaban J connectivity index is 4.24. The average Bonchev–Trinajstić information content (AvgIpc) is 1.77. The Labute approximate surface area is 83.1 Å². The second-order valence-electron chi connectivity index (χ2n) is 4.29. The number of aliphatic carboxylic acids is 2. The average molecular weight is 203 g/mol. The number of carboxylic acid groups (broad SMARTS) is 2.